The van der Waals surface area contributed by atoms with Crippen molar-refractivity contribution in [1.82, 2.24) is 9.78 Å². The molecule has 0 saturated carbocycles. The Kier molecular flexibility index (Phi) is 2.76. The van der Waals surface area contributed by atoms with Crippen LogP contribution in [0.1, 0.15) is 26.3 Å². The number of hydrogen-bond acceptors (Lipinski definition) is 2. The summed E-state index contributed by atoms with van der Waals surface area (Å²) in [6.07, 6.45) is 4.11. The minimum absolute atomic E-state index is 0.0597. The van der Waals surface area contributed by atoms with Crippen LogP contribution in [0.3, 0.4) is 0 Å². The van der Waals surface area contributed by atoms with Crippen LogP contribution in [-0.4, -0.2) is 21.0 Å². The third-order valence-corrected chi connectivity index (χ3v) is 2.19. The first-order valence-electron chi connectivity index (χ1n) is 4.55. The summed E-state index contributed by atoms with van der Waals surface area (Å²) in [5.41, 5.74) is 1.03. The molecule has 0 spiro atoms. The summed E-state index contributed by atoms with van der Waals surface area (Å²) in [4.78, 5) is 0. The smallest absolute Gasteiger partial charge is 0.0629 e. The van der Waals surface area contributed by atoms with Crippen LogP contribution in [0.5, 0.6) is 0 Å². The van der Waals surface area contributed by atoms with E-state index in [1.54, 1.807) is 10.9 Å². The van der Waals surface area contributed by atoms with Gasteiger partial charge in [0.05, 0.1) is 12.3 Å². The second-order valence-corrected chi connectivity index (χ2v) is 4.61. The van der Waals surface area contributed by atoms with Gasteiger partial charge in [-0.2, -0.15) is 5.10 Å². The molecule has 1 N–H and O–H groups in total. The van der Waals surface area contributed by atoms with Crippen molar-refractivity contribution in [3.8, 4) is 0 Å². The number of aromatic nitrogens is 2. The van der Waals surface area contributed by atoms with Gasteiger partial charge in [-0.3, -0.25) is 4.68 Å². The molecule has 1 unspecified atom stereocenters. The lowest BCUT2D eigenvalue weighted by molar-refractivity contribution is 0.0636. The number of rotatable bonds is 2. The number of aliphatic hydroxyl groups excluding tert-OH is 1. The third kappa shape index (κ3) is 2.84. The summed E-state index contributed by atoms with van der Waals surface area (Å²) in [6, 6.07) is 0. The maximum Gasteiger partial charge on any atom is 0.0629 e. The van der Waals surface area contributed by atoms with Crippen LogP contribution in [0.2, 0.25) is 0 Å². The molecule has 0 fully saturated rings. The molecule has 1 aromatic heterocycles. The lowest BCUT2D eigenvalue weighted by Crippen LogP contribution is -2.27. The highest BCUT2D eigenvalue weighted by Crippen LogP contribution is 2.21. The van der Waals surface area contributed by atoms with Crippen LogP contribution >= 0.6 is 0 Å². The van der Waals surface area contributed by atoms with Crippen molar-refractivity contribution >= 4 is 0 Å². The Balaban J connectivity index is 2.60. The Hall–Kier alpha value is -0.830. The lowest BCUT2D eigenvalue weighted by atomic mass is 9.86. The van der Waals surface area contributed by atoms with Gasteiger partial charge in [-0.15, -0.1) is 0 Å². The van der Waals surface area contributed by atoms with Gasteiger partial charge in [-0.05, 0) is 11.0 Å². The third-order valence-electron chi connectivity index (χ3n) is 2.19. The summed E-state index contributed by atoms with van der Waals surface area (Å²) in [6.45, 7) is 6.11. The van der Waals surface area contributed by atoms with E-state index >= 15 is 0 Å². The molecule has 0 aromatic carbocycles. The number of hydrogen-bond donors (Lipinski definition) is 1. The molecule has 74 valence electrons. The van der Waals surface area contributed by atoms with E-state index in [1.165, 1.54) is 0 Å². The molecule has 0 aliphatic rings. The van der Waals surface area contributed by atoms with Crippen molar-refractivity contribution in [2.24, 2.45) is 12.5 Å². The predicted molar refractivity (Wildman–Crippen MR) is 52.4 cm³/mol. The normalized spacial score (nSPS) is 14.5. The molecule has 0 radical (unpaired) electrons. The van der Waals surface area contributed by atoms with Crippen molar-refractivity contribution in [3.63, 3.8) is 0 Å². The summed E-state index contributed by atoms with van der Waals surface area (Å²) in [5.74, 6) is 0. The Morgan fingerprint density at radius 1 is 1.54 bits per heavy atom. The molecule has 0 bridgehead atoms. The fourth-order valence-corrected chi connectivity index (χ4v) is 1.11. The maximum atomic E-state index is 9.81. The molecule has 1 rings (SSSR count). The molecule has 1 aromatic rings. The molecule has 0 amide bonds. The maximum absolute atomic E-state index is 9.81. The van der Waals surface area contributed by atoms with Crippen molar-refractivity contribution in [3.05, 3.63) is 18.0 Å². The molecular weight excluding hydrogens is 164 g/mol. The topological polar surface area (TPSA) is 38.0 Å². The summed E-state index contributed by atoms with van der Waals surface area (Å²) >= 11 is 0. The zero-order valence-electron chi connectivity index (χ0n) is 8.78. The van der Waals surface area contributed by atoms with E-state index in [2.05, 4.69) is 5.10 Å². The highest BCUT2D eigenvalue weighted by molar-refractivity contribution is 5.06. The molecule has 13 heavy (non-hydrogen) atoms. The van der Waals surface area contributed by atoms with E-state index in [0.717, 1.165) is 5.56 Å². The first-order chi connectivity index (χ1) is 5.89. The van der Waals surface area contributed by atoms with Crippen molar-refractivity contribution in [2.45, 2.75) is 33.3 Å². The van der Waals surface area contributed by atoms with Crippen LogP contribution in [0, 0.1) is 5.41 Å². The van der Waals surface area contributed by atoms with Gasteiger partial charge in [0, 0.05) is 19.7 Å². The minimum atomic E-state index is -0.309. The van der Waals surface area contributed by atoms with Crippen LogP contribution in [-0.2, 0) is 13.5 Å². The lowest BCUT2D eigenvalue weighted by Gasteiger charge is -2.25. The van der Waals surface area contributed by atoms with E-state index < -0.39 is 0 Å². The highest BCUT2D eigenvalue weighted by Gasteiger charge is 2.22. The van der Waals surface area contributed by atoms with Crippen LogP contribution < -0.4 is 0 Å². The number of nitrogens with zero attached hydrogens (tertiary/aromatic N) is 2. The average molecular weight is 182 g/mol. The zero-order chi connectivity index (χ0) is 10.1. The molecule has 0 aliphatic heterocycles. The molecule has 0 saturated heterocycles. The SMILES string of the molecule is Cn1cc(CC(O)C(C)(C)C)cn1. The van der Waals surface area contributed by atoms with Gasteiger partial charge in [0.2, 0.25) is 0 Å². The van der Waals surface area contributed by atoms with E-state index in [1.807, 2.05) is 34.0 Å². The van der Waals surface area contributed by atoms with Gasteiger partial charge in [0.15, 0.2) is 0 Å². The summed E-state index contributed by atoms with van der Waals surface area (Å²) in [7, 11) is 1.88. The molecule has 0 aliphatic carbocycles. The fourth-order valence-electron chi connectivity index (χ4n) is 1.11. The zero-order valence-corrected chi connectivity index (χ0v) is 8.78. The van der Waals surface area contributed by atoms with Crippen LogP contribution in [0.25, 0.3) is 0 Å². The van der Waals surface area contributed by atoms with Gasteiger partial charge in [0.1, 0.15) is 0 Å². The highest BCUT2D eigenvalue weighted by atomic mass is 16.3. The quantitative estimate of drug-likeness (QED) is 0.750. The van der Waals surface area contributed by atoms with Crippen molar-refractivity contribution in [2.75, 3.05) is 0 Å². The second kappa shape index (κ2) is 3.50. The Bertz CT molecular complexity index is 273. The van der Waals surface area contributed by atoms with Gasteiger partial charge < -0.3 is 5.11 Å². The first-order valence-corrected chi connectivity index (χ1v) is 4.55. The Morgan fingerprint density at radius 2 is 2.15 bits per heavy atom. The first kappa shape index (κ1) is 10.3. The van der Waals surface area contributed by atoms with Crippen LogP contribution in [0.15, 0.2) is 12.4 Å². The summed E-state index contributed by atoms with van der Waals surface area (Å²) < 4.78 is 1.75. The Labute approximate surface area is 79.4 Å². The number of aryl methyl sites for hydroxylation is 1. The molecule has 3 heteroatoms. The number of aliphatic hydroxyl groups is 1. The summed E-state index contributed by atoms with van der Waals surface area (Å²) in [5, 5.41) is 13.9. The molecule has 1 atom stereocenters. The molecular formula is C10H18N2O. The van der Waals surface area contributed by atoms with E-state index in [0.29, 0.717) is 6.42 Å². The van der Waals surface area contributed by atoms with Gasteiger partial charge in [-0.1, -0.05) is 20.8 Å². The van der Waals surface area contributed by atoms with Gasteiger partial charge >= 0.3 is 0 Å². The predicted octanol–water partition coefficient (Wildman–Crippen LogP) is 1.37. The molecule has 1 heterocycles. The standard InChI is InChI=1S/C10H18N2O/c1-10(2,3)9(13)5-8-6-11-12(4)7-8/h6-7,9,13H,5H2,1-4H3. The van der Waals surface area contributed by atoms with Crippen LogP contribution in [0.4, 0.5) is 0 Å². The van der Waals surface area contributed by atoms with Crippen molar-refractivity contribution < 1.29 is 5.11 Å². The van der Waals surface area contributed by atoms with E-state index in [4.69, 9.17) is 0 Å². The van der Waals surface area contributed by atoms with Crippen molar-refractivity contribution in [1.29, 1.82) is 0 Å². The van der Waals surface area contributed by atoms with E-state index in [-0.39, 0.29) is 11.5 Å². The largest absolute Gasteiger partial charge is 0.392 e. The van der Waals surface area contributed by atoms with Gasteiger partial charge in [0.25, 0.3) is 0 Å². The Morgan fingerprint density at radius 3 is 2.54 bits per heavy atom. The molecule has 3 nitrogen and oxygen atoms in total. The monoisotopic (exact) mass is 182 g/mol. The van der Waals surface area contributed by atoms with Gasteiger partial charge in [-0.25, -0.2) is 0 Å². The average Bonchev–Trinajstić information content (AvgIpc) is 2.33. The second-order valence-electron chi connectivity index (χ2n) is 4.61. The minimum Gasteiger partial charge on any atom is -0.392 e. The van der Waals surface area contributed by atoms with E-state index in [9.17, 15) is 5.11 Å². The fraction of sp³-hybridized carbons (Fsp3) is 0.700.